The number of para-hydroxylation sites is 2. The van der Waals surface area contributed by atoms with Crippen LogP contribution in [0.4, 0.5) is 17.1 Å². The van der Waals surface area contributed by atoms with Gasteiger partial charge in [0.05, 0.1) is 11.4 Å². The number of hydrogen-bond donors (Lipinski definition) is 0. The fraction of sp³-hybridized carbons (Fsp3) is 0.0769. The predicted molar refractivity (Wildman–Crippen MR) is 286 cm³/mol. The maximum atomic E-state index is 2.52. The molecule has 0 radical (unpaired) electrons. The fourth-order valence-corrected chi connectivity index (χ4v) is 12.9. The van der Waals surface area contributed by atoms with Gasteiger partial charge in [-0.1, -0.05) is 213 Å². The first-order valence-corrected chi connectivity index (χ1v) is 24.5. The van der Waals surface area contributed by atoms with Crippen LogP contribution in [-0.2, 0) is 5.41 Å². The average Bonchev–Trinajstić information content (AvgIpc) is 4.13. The molecule has 318 valence electrons. The summed E-state index contributed by atoms with van der Waals surface area (Å²) in [7, 11) is 0. The van der Waals surface area contributed by atoms with Gasteiger partial charge in [0, 0.05) is 48.0 Å². The Morgan fingerprint density at radius 1 is 0.328 bits per heavy atom. The molecule has 1 heterocycles. The molecule has 1 nitrogen and oxygen atoms in total. The molecule has 1 aromatic heterocycles. The van der Waals surface area contributed by atoms with Crippen LogP contribution in [0.2, 0.25) is 0 Å². The van der Waals surface area contributed by atoms with Gasteiger partial charge in [-0.05, 0) is 110 Å². The summed E-state index contributed by atoms with van der Waals surface area (Å²) >= 11 is 1.89. The molecule has 1 fully saturated rings. The molecule has 67 heavy (non-hydrogen) atoms. The lowest BCUT2D eigenvalue weighted by Crippen LogP contribution is -2.20. The molecule has 0 amide bonds. The summed E-state index contributed by atoms with van der Waals surface area (Å²) in [4.78, 5) is 2.51. The first-order valence-electron chi connectivity index (χ1n) is 23.7. The molecule has 13 rings (SSSR count). The molecular formula is C65H47NS. The lowest BCUT2D eigenvalue weighted by atomic mass is 9.76. The van der Waals surface area contributed by atoms with Gasteiger partial charge in [0.25, 0.3) is 0 Å². The minimum Gasteiger partial charge on any atom is -0.309 e. The minimum atomic E-state index is 0.126. The Hall–Kier alpha value is -7.78. The Balaban J connectivity index is 0.993. The van der Waals surface area contributed by atoms with Crippen molar-refractivity contribution in [1.29, 1.82) is 0 Å². The van der Waals surface area contributed by atoms with Gasteiger partial charge in [-0.2, -0.15) is 0 Å². The van der Waals surface area contributed by atoms with Crippen molar-refractivity contribution in [3.05, 3.63) is 248 Å². The van der Waals surface area contributed by atoms with E-state index in [9.17, 15) is 0 Å². The van der Waals surface area contributed by atoms with Crippen molar-refractivity contribution in [3.8, 4) is 66.8 Å². The summed E-state index contributed by atoms with van der Waals surface area (Å²) in [6, 6.07) is 87.9. The molecule has 2 aliphatic carbocycles. The first kappa shape index (κ1) is 39.6. The van der Waals surface area contributed by atoms with Crippen LogP contribution in [-0.4, -0.2) is 0 Å². The zero-order valence-corrected chi connectivity index (χ0v) is 38.0. The smallest absolute Gasteiger partial charge is 0.0540 e. The molecule has 0 aliphatic heterocycles. The molecule has 1 spiro atoms. The molecule has 10 aromatic carbocycles. The molecule has 0 atom stereocenters. The third kappa shape index (κ3) is 6.50. The van der Waals surface area contributed by atoms with Crippen molar-refractivity contribution in [3.63, 3.8) is 0 Å². The third-order valence-corrected chi connectivity index (χ3v) is 15.9. The Bertz CT molecular complexity index is 3650. The standard InChI is InChI=1S/C65H47NS/c1-2-19-45(20-3-1)48-21-4-5-22-49(48)50-23-6-7-24-51(50)54-26-9-13-32-61(54)66(62-33-14-10-27-55(62)57-29-18-30-58-56-28-11-15-34-63(56)67-64(57)58)47-38-35-44(36-39-47)46-37-40-53-52-25-8-12-31-59(52)65(60(53)43-46)41-16-17-42-65/h1-15,18-40,43H,16-17,41-42H2. The van der Waals surface area contributed by atoms with Gasteiger partial charge in [-0.3, -0.25) is 0 Å². The van der Waals surface area contributed by atoms with Crippen molar-refractivity contribution < 1.29 is 0 Å². The van der Waals surface area contributed by atoms with E-state index in [1.165, 1.54) is 124 Å². The zero-order valence-electron chi connectivity index (χ0n) is 37.2. The first-order chi connectivity index (χ1) is 33.2. The lowest BCUT2D eigenvalue weighted by Gasteiger charge is -2.30. The van der Waals surface area contributed by atoms with E-state index in [1.54, 1.807) is 0 Å². The van der Waals surface area contributed by atoms with Gasteiger partial charge < -0.3 is 4.90 Å². The van der Waals surface area contributed by atoms with E-state index < -0.39 is 0 Å². The number of fused-ring (bicyclic) bond motifs is 8. The van der Waals surface area contributed by atoms with Crippen molar-refractivity contribution >= 4 is 48.6 Å². The molecular weight excluding hydrogens is 827 g/mol. The number of anilines is 3. The van der Waals surface area contributed by atoms with Gasteiger partial charge in [-0.15, -0.1) is 11.3 Å². The highest BCUT2D eigenvalue weighted by Gasteiger charge is 2.44. The Morgan fingerprint density at radius 3 is 1.57 bits per heavy atom. The summed E-state index contributed by atoms with van der Waals surface area (Å²) in [5, 5.41) is 2.60. The summed E-state index contributed by atoms with van der Waals surface area (Å²) < 4.78 is 2.61. The number of hydrogen-bond acceptors (Lipinski definition) is 2. The topological polar surface area (TPSA) is 3.24 Å². The second-order valence-electron chi connectivity index (χ2n) is 18.2. The maximum Gasteiger partial charge on any atom is 0.0540 e. The number of benzene rings is 10. The summed E-state index contributed by atoms with van der Waals surface area (Å²) in [5.74, 6) is 0. The molecule has 0 bridgehead atoms. The van der Waals surface area contributed by atoms with Crippen LogP contribution in [0.15, 0.2) is 237 Å². The zero-order chi connectivity index (χ0) is 44.3. The SMILES string of the molecule is c1ccc(-c2ccccc2-c2ccccc2-c2ccccc2N(c2ccc(-c3ccc4c(c3)C3(CCCC3)c3ccccc3-4)cc2)c2ccccc2-c2cccc3c2sc2ccccc23)cc1. The van der Waals surface area contributed by atoms with E-state index >= 15 is 0 Å². The van der Waals surface area contributed by atoms with Gasteiger partial charge in [0.2, 0.25) is 0 Å². The fourth-order valence-electron chi connectivity index (χ4n) is 11.7. The highest BCUT2D eigenvalue weighted by Crippen LogP contribution is 2.57. The summed E-state index contributed by atoms with van der Waals surface area (Å²) in [6.07, 6.45) is 5.02. The van der Waals surface area contributed by atoms with Gasteiger partial charge in [-0.25, -0.2) is 0 Å². The van der Waals surface area contributed by atoms with E-state index in [0.717, 1.165) is 17.1 Å². The average molecular weight is 874 g/mol. The van der Waals surface area contributed by atoms with Crippen molar-refractivity contribution in [2.24, 2.45) is 0 Å². The van der Waals surface area contributed by atoms with Crippen LogP contribution >= 0.6 is 11.3 Å². The van der Waals surface area contributed by atoms with Crippen molar-refractivity contribution in [2.45, 2.75) is 31.1 Å². The largest absolute Gasteiger partial charge is 0.309 e. The van der Waals surface area contributed by atoms with E-state index in [2.05, 4.69) is 241 Å². The summed E-state index contributed by atoms with van der Waals surface area (Å²) in [6.45, 7) is 0. The normalized spacial score (nSPS) is 13.6. The van der Waals surface area contributed by atoms with E-state index in [-0.39, 0.29) is 5.41 Å². The van der Waals surface area contributed by atoms with Crippen LogP contribution in [0.25, 0.3) is 86.9 Å². The number of thiophene rings is 1. The number of nitrogens with zero attached hydrogens (tertiary/aromatic N) is 1. The van der Waals surface area contributed by atoms with Crippen LogP contribution in [0, 0.1) is 0 Å². The second-order valence-corrected chi connectivity index (χ2v) is 19.3. The van der Waals surface area contributed by atoms with Gasteiger partial charge >= 0.3 is 0 Å². The van der Waals surface area contributed by atoms with Crippen LogP contribution in [0.5, 0.6) is 0 Å². The van der Waals surface area contributed by atoms with E-state index in [1.807, 2.05) is 11.3 Å². The van der Waals surface area contributed by atoms with Crippen molar-refractivity contribution in [2.75, 3.05) is 4.90 Å². The molecule has 2 heteroatoms. The Kier molecular flexibility index (Phi) is 9.61. The van der Waals surface area contributed by atoms with E-state index in [0.29, 0.717) is 0 Å². The summed E-state index contributed by atoms with van der Waals surface area (Å²) in [5.41, 5.74) is 21.5. The lowest BCUT2D eigenvalue weighted by molar-refractivity contribution is 0.550. The maximum absolute atomic E-state index is 2.52. The monoisotopic (exact) mass is 873 g/mol. The molecule has 0 saturated heterocycles. The molecule has 1 saturated carbocycles. The molecule has 0 N–H and O–H groups in total. The highest BCUT2D eigenvalue weighted by atomic mass is 32.1. The Labute approximate surface area is 396 Å². The molecule has 11 aromatic rings. The second kappa shape index (κ2) is 16.3. The van der Waals surface area contributed by atoms with Gasteiger partial charge in [0.1, 0.15) is 0 Å². The quantitative estimate of drug-likeness (QED) is 0.147. The Morgan fingerprint density at radius 2 is 0.836 bits per heavy atom. The third-order valence-electron chi connectivity index (χ3n) is 14.7. The molecule has 0 unspecified atom stereocenters. The number of rotatable bonds is 8. The van der Waals surface area contributed by atoms with Crippen molar-refractivity contribution in [1.82, 2.24) is 0 Å². The van der Waals surface area contributed by atoms with E-state index in [4.69, 9.17) is 0 Å². The highest BCUT2D eigenvalue weighted by molar-refractivity contribution is 7.26. The molecule has 2 aliphatic rings. The van der Waals surface area contributed by atoms with Crippen LogP contribution in [0.1, 0.15) is 36.8 Å². The predicted octanol–water partition coefficient (Wildman–Crippen LogP) is 18.7. The minimum absolute atomic E-state index is 0.126. The van der Waals surface area contributed by atoms with Crippen LogP contribution < -0.4 is 4.90 Å². The van der Waals surface area contributed by atoms with Crippen LogP contribution in [0.3, 0.4) is 0 Å². The van der Waals surface area contributed by atoms with Gasteiger partial charge in [0.15, 0.2) is 0 Å².